The summed E-state index contributed by atoms with van der Waals surface area (Å²) in [5, 5.41) is 0.792. The second-order valence-electron chi connectivity index (χ2n) is 2.53. The highest BCUT2D eigenvalue weighted by molar-refractivity contribution is 7.13. The van der Waals surface area contributed by atoms with Gasteiger partial charge in [-0.1, -0.05) is 17.6 Å². The van der Waals surface area contributed by atoms with Gasteiger partial charge in [-0.15, -0.1) is 0 Å². The van der Waals surface area contributed by atoms with Crippen molar-refractivity contribution in [3.63, 3.8) is 0 Å². The Morgan fingerprint density at radius 3 is 3.09 bits per heavy atom. The van der Waals surface area contributed by atoms with Gasteiger partial charge in [0, 0.05) is 0 Å². The van der Waals surface area contributed by atoms with Crippen LogP contribution in [-0.4, -0.2) is 4.37 Å². The summed E-state index contributed by atoms with van der Waals surface area (Å²) in [6.07, 6.45) is 0. The molecule has 0 aliphatic heterocycles. The highest BCUT2D eigenvalue weighted by atomic mass is 32.1. The SMILES string of the molecule is Cc1ccc2c(=O)[nH]sc2c1. The third-order valence-electron chi connectivity index (χ3n) is 1.64. The zero-order chi connectivity index (χ0) is 7.84. The summed E-state index contributed by atoms with van der Waals surface area (Å²) < 4.78 is 3.73. The first kappa shape index (κ1) is 6.61. The predicted octanol–water partition coefficient (Wildman–Crippen LogP) is 1.90. The molecule has 1 aromatic heterocycles. The summed E-state index contributed by atoms with van der Waals surface area (Å²) >= 11 is 1.39. The van der Waals surface area contributed by atoms with E-state index < -0.39 is 0 Å². The van der Waals surface area contributed by atoms with Crippen LogP contribution in [0.3, 0.4) is 0 Å². The van der Waals surface area contributed by atoms with Crippen molar-refractivity contribution in [3.8, 4) is 0 Å². The van der Waals surface area contributed by atoms with Crippen molar-refractivity contribution in [2.24, 2.45) is 0 Å². The van der Waals surface area contributed by atoms with E-state index in [1.54, 1.807) is 0 Å². The van der Waals surface area contributed by atoms with E-state index in [9.17, 15) is 4.79 Å². The van der Waals surface area contributed by atoms with Crippen LogP contribution in [0.25, 0.3) is 10.1 Å². The van der Waals surface area contributed by atoms with Crippen LogP contribution in [0.4, 0.5) is 0 Å². The highest BCUT2D eigenvalue weighted by Gasteiger charge is 1.98. The summed E-state index contributed by atoms with van der Waals surface area (Å²) in [4.78, 5) is 11.0. The van der Waals surface area contributed by atoms with Crippen LogP contribution in [0.15, 0.2) is 23.0 Å². The number of benzene rings is 1. The lowest BCUT2D eigenvalue weighted by Gasteiger charge is -1.88. The normalized spacial score (nSPS) is 10.6. The first-order chi connectivity index (χ1) is 5.27. The Bertz CT molecular complexity index is 441. The summed E-state index contributed by atoms with van der Waals surface area (Å²) in [7, 11) is 0. The van der Waals surface area contributed by atoms with Crippen molar-refractivity contribution in [2.75, 3.05) is 0 Å². The lowest BCUT2D eigenvalue weighted by molar-refractivity contribution is 1.45. The average molecular weight is 165 g/mol. The topological polar surface area (TPSA) is 32.9 Å². The van der Waals surface area contributed by atoms with Crippen molar-refractivity contribution in [2.45, 2.75) is 6.92 Å². The van der Waals surface area contributed by atoms with Gasteiger partial charge in [0.25, 0.3) is 5.56 Å². The Balaban J connectivity index is 2.97. The molecule has 3 heteroatoms. The summed E-state index contributed by atoms with van der Waals surface area (Å²) in [6, 6.07) is 5.82. The van der Waals surface area contributed by atoms with Gasteiger partial charge in [0.15, 0.2) is 0 Å². The standard InChI is InChI=1S/C8H7NOS/c1-5-2-3-6-7(4-5)11-9-8(6)10/h2-4H,1H3,(H,9,10). The van der Waals surface area contributed by atoms with Crippen molar-refractivity contribution in [1.29, 1.82) is 0 Å². The monoisotopic (exact) mass is 165 g/mol. The van der Waals surface area contributed by atoms with Crippen molar-refractivity contribution in [1.82, 2.24) is 4.37 Å². The fraction of sp³-hybridized carbons (Fsp3) is 0.125. The molecule has 2 nitrogen and oxygen atoms in total. The maximum Gasteiger partial charge on any atom is 0.265 e. The van der Waals surface area contributed by atoms with E-state index >= 15 is 0 Å². The van der Waals surface area contributed by atoms with Gasteiger partial charge in [-0.3, -0.25) is 9.17 Å². The average Bonchev–Trinajstić information content (AvgIpc) is 2.32. The second-order valence-corrected chi connectivity index (χ2v) is 3.38. The molecule has 0 fully saturated rings. The van der Waals surface area contributed by atoms with Crippen LogP contribution in [0.2, 0.25) is 0 Å². The number of hydrogen-bond acceptors (Lipinski definition) is 2. The Labute approximate surface area is 67.6 Å². The summed E-state index contributed by atoms with van der Waals surface area (Å²) in [6.45, 7) is 2.02. The molecule has 2 aromatic rings. The third kappa shape index (κ3) is 0.973. The summed E-state index contributed by atoms with van der Waals surface area (Å²) in [5.41, 5.74) is 1.21. The molecule has 0 bridgehead atoms. The largest absolute Gasteiger partial charge is 0.277 e. The fourth-order valence-electron chi connectivity index (χ4n) is 1.06. The van der Waals surface area contributed by atoms with E-state index in [0.717, 1.165) is 10.1 Å². The Morgan fingerprint density at radius 1 is 1.45 bits per heavy atom. The van der Waals surface area contributed by atoms with Gasteiger partial charge >= 0.3 is 0 Å². The maximum absolute atomic E-state index is 11.0. The fourth-order valence-corrected chi connectivity index (χ4v) is 1.89. The quantitative estimate of drug-likeness (QED) is 0.635. The van der Waals surface area contributed by atoms with Crippen LogP contribution in [0, 0.1) is 6.92 Å². The van der Waals surface area contributed by atoms with Crippen molar-refractivity contribution < 1.29 is 0 Å². The van der Waals surface area contributed by atoms with Gasteiger partial charge in [0.1, 0.15) is 0 Å². The van der Waals surface area contributed by atoms with Crippen LogP contribution < -0.4 is 5.56 Å². The van der Waals surface area contributed by atoms with Crippen LogP contribution in [0.1, 0.15) is 5.56 Å². The lowest BCUT2D eigenvalue weighted by Crippen LogP contribution is -1.95. The maximum atomic E-state index is 11.0. The van der Waals surface area contributed by atoms with E-state index in [4.69, 9.17) is 0 Å². The van der Waals surface area contributed by atoms with E-state index in [1.807, 2.05) is 25.1 Å². The van der Waals surface area contributed by atoms with Crippen molar-refractivity contribution in [3.05, 3.63) is 34.1 Å². The molecule has 11 heavy (non-hydrogen) atoms. The number of nitrogens with one attached hydrogen (secondary N) is 1. The minimum absolute atomic E-state index is 0.0185. The molecule has 0 amide bonds. The Morgan fingerprint density at radius 2 is 2.27 bits per heavy atom. The van der Waals surface area contributed by atoms with Crippen LogP contribution >= 0.6 is 11.5 Å². The van der Waals surface area contributed by atoms with Gasteiger partial charge in [-0.05, 0) is 24.6 Å². The molecule has 1 N–H and O–H groups in total. The minimum Gasteiger partial charge on any atom is -0.277 e. The van der Waals surface area contributed by atoms with Crippen LogP contribution in [-0.2, 0) is 0 Å². The molecule has 0 saturated heterocycles. The zero-order valence-electron chi connectivity index (χ0n) is 6.05. The molecular formula is C8H7NOS. The number of fused-ring (bicyclic) bond motifs is 1. The first-order valence-electron chi connectivity index (χ1n) is 3.35. The van der Waals surface area contributed by atoms with E-state index in [0.29, 0.717) is 0 Å². The highest BCUT2D eigenvalue weighted by Crippen LogP contribution is 2.14. The molecule has 1 heterocycles. The molecule has 56 valence electrons. The summed E-state index contributed by atoms with van der Waals surface area (Å²) in [5.74, 6) is 0. The van der Waals surface area contributed by atoms with E-state index in [2.05, 4.69) is 4.37 Å². The molecule has 0 radical (unpaired) electrons. The molecule has 0 unspecified atom stereocenters. The molecule has 0 atom stereocenters. The molecule has 0 saturated carbocycles. The van der Waals surface area contributed by atoms with Gasteiger partial charge in [0.05, 0.1) is 10.1 Å². The number of aromatic amines is 1. The number of aromatic nitrogens is 1. The molecule has 0 aliphatic rings. The zero-order valence-corrected chi connectivity index (χ0v) is 6.87. The van der Waals surface area contributed by atoms with Gasteiger partial charge in [-0.2, -0.15) is 0 Å². The molecule has 1 aromatic carbocycles. The number of H-pyrrole nitrogens is 1. The van der Waals surface area contributed by atoms with E-state index in [1.165, 1.54) is 17.1 Å². The van der Waals surface area contributed by atoms with Crippen LogP contribution in [0.5, 0.6) is 0 Å². The number of rotatable bonds is 0. The van der Waals surface area contributed by atoms with Gasteiger partial charge < -0.3 is 0 Å². The molecule has 0 spiro atoms. The second kappa shape index (κ2) is 2.20. The third-order valence-corrected chi connectivity index (χ3v) is 2.48. The number of hydrogen-bond donors (Lipinski definition) is 1. The minimum atomic E-state index is 0.0185. The molecular weight excluding hydrogens is 158 g/mol. The number of aryl methyl sites for hydroxylation is 1. The van der Waals surface area contributed by atoms with Crippen molar-refractivity contribution >= 4 is 21.6 Å². The van der Waals surface area contributed by atoms with Gasteiger partial charge in [0.2, 0.25) is 0 Å². The van der Waals surface area contributed by atoms with E-state index in [-0.39, 0.29) is 5.56 Å². The van der Waals surface area contributed by atoms with Gasteiger partial charge in [-0.25, -0.2) is 0 Å². The smallest absolute Gasteiger partial charge is 0.265 e. The Hall–Kier alpha value is -1.09. The first-order valence-corrected chi connectivity index (χ1v) is 4.17. The molecule has 0 aliphatic carbocycles. The molecule has 2 rings (SSSR count). The predicted molar refractivity (Wildman–Crippen MR) is 47.2 cm³/mol. The Kier molecular flexibility index (Phi) is 1.32. The lowest BCUT2D eigenvalue weighted by atomic mass is 10.2.